The molecule has 210 valence electrons. The van der Waals surface area contributed by atoms with Gasteiger partial charge in [-0.15, -0.1) is 0 Å². The lowest BCUT2D eigenvalue weighted by atomic mass is 10.0. The zero-order valence-electron chi connectivity index (χ0n) is 24.2. The third kappa shape index (κ3) is 5.18. The predicted molar refractivity (Wildman–Crippen MR) is 172 cm³/mol. The molecule has 0 N–H and O–H groups in total. The van der Waals surface area contributed by atoms with Crippen molar-refractivity contribution in [2.24, 2.45) is 0 Å². The van der Waals surface area contributed by atoms with Crippen LogP contribution in [0.25, 0.3) is 38.1 Å². The van der Waals surface area contributed by atoms with Crippen molar-refractivity contribution < 1.29 is 4.79 Å². The van der Waals surface area contributed by atoms with Gasteiger partial charge in [0.05, 0.1) is 22.6 Å². The maximum absolute atomic E-state index is 14.4. The first kappa shape index (κ1) is 27.4. The van der Waals surface area contributed by atoms with Gasteiger partial charge in [0, 0.05) is 12.1 Å². The van der Waals surface area contributed by atoms with E-state index in [-0.39, 0.29) is 11.5 Å². The average Bonchev–Trinajstić information content (AvgIpc) is 3.03. The predicted octanol–water partition coefficient (Wildman–Crippen LogP) is 8.48. The molecule has 0 aliphatic heterocycles. The summed E-state index contributed by atoms with van der Waals surface area (Å²) in [7, 11) is 0. The van der Waals surface area contributed by atoms with Crippen molar-refractivity contribution in [3.8, 4) is 5.69 Å². The van der Waals surface area contributed by atoms with Gasteiger partial charge < -0.3 is 4.90 Å². The molecular formula is C37H35N3O2. The van der Waals surface area contributed by atoms with Crippen LogP contribution in [-0.4, -0.2) is 26.9 Å². The van der Waals surface area contributed by atoms with E-state index < -0.39 is 6.04 Å². The largest absolute Gasteiger partial charge is 0.329 e. The van der Waals surface area contributed by atoms with Gasteiger partial charge in [0.1, 0.15) is 5.82 Å². The van der Waals surface area contributed by atoms with Crippen LogP contribution in [0.5, 0.6) is 0 Å². The number of benzene rings is 5. The summed E-state index contributed by atoms with van der Waals surface area (Å²) in [5.41, 5.74) is 1.89. The first-order valence-electron chi connectivity index (χ1n) is 14.9. The van der Waals surface area contributed by atoms with Crippen molar-refractivity contribution in [2.75, 3.05) is 6.54 Å². The lowest BCUT2D eigenvalue weighted by Gasteiger charge is -2.31. The van der Waals surface area contributed by atoms with Gasteiger partial charge in [0.2, 0.25) is 0 Å². The van der Waals surface area contributed by atoms with Gasteiger partial charge in [0.15, 0.2) is 0 Å². The molecule has 0 aliphatic rings. The topological polar surface area (TPSA) is 55.2 Å². The fraction of sp³-hybridized carbons (Fsp3) is 0.216. The summed E-state index contributed by atoms with van der Waals surface area (Å²) >= 11 is 0. The Morgan fingerprint density at radius 1 is 0.762 bits per heavy atom. The molecule has 6 aromatic rings. The summed E-state index contributed by atoms with van der Waals surface area (Å²) in [6, 6.07) is 35.0. The number of hydrogen-bond donors (Lipinski definition) is 0. The molecular weight excluding hydrogens is 518 g/mol. The summed E-state index contributed by atoms with van der Waals surface area (Å²) in [5.74, 6) is 0.501. The number of hydrogen-bond acceptors (Lipinski definition) is 3. The normalized spacial score (nSPS) is 12.1. The number of nitrogens with zero attached hydrogens (tertiary/aromatic N) is 3. The van der Waals surface area contributed by atoms with Crippen LogP contribution in [0.2, 0.25) is 0 Å². The number of unbranched alkanes of at least 4 members (excludes halogenated alkanes) is 3. The molecule has 5 nitrogen and oxygen atoms in total. The third-order valence-corrected chi connectivity index (χ3v) is 8.17. The Morgan fingerprint density at radius 2 is 1.45 bits per heavy atom. The minimum atomic E-state index is -0.457. The van der Waals surface area contributed by atoms with E-state index >= 15 is 0 Å². The highest BCUT2D eigenvalue weighted by Gasteiger charge is 2.28. The van der Waals surface area contributed by atoms with E-state index in [0.29, 0.717) is 28.8 Å². The maximum Gasteiger partial charge on any atom is 0.266 e. The highest BCUT2D eigenvalue weighted by Crippen LogP contribution is 2.28. The molecule has 1 heterocycles. The minimum Gasteiger partial charge on any atom is -0.329 e. The zero-order valence-corrected chi connectivity index (χ0v) is 24.2. The number of rotatable bonds is 9. The maximum atomic E-state index is 14.4. The second-order valence-electron chi connectivity index (χ2n) is 10.9. The minimum absolute atomic E-state index is 0.0525. The number of carbonyl (C=O) groups excluding carboxylic acids is 1. The molecule has 1 unspecified atom stereocenters. The lowest BCUT2D eigenvalue weighted by molar-refractivity contribution is 0.0679. The van der Waals surface area contributed by atoms with Crippen LogP contribution in [-0.2, 0) is 0 Å². The zero-order chi connectivity index (χ0) is 29.1. The van der Waals surface area contributed by atoms with Crippen molar-refractivity contribution >= 4 is 38.4 Å². The van der Waals surface area contributed by atoms with Gasteiger partial charge in [-0.05, 0) is 65.2 Å². The van der Waals surface area contributed by atoms with Crippen molar-refractivity contribution in [3.63, 3.8) is 0 Å². The van der Waals surface area contributed by atoms with E-state index in [1.165, 1.54) is 0 Å². The Morgan fingerprint density at radius 3 is 2.26 bits per heavy atom. The molecule has 0 spiro atoms. The molecule has 1 atom stereocenters. The number of aromatic nitrogens is 2. The number of fused-ring (bicyclic) bond motifs is 3. The van der Waals surface area contributed by atoms with Crippen LogP contribution in [0.3, 0.4) is 0 Å². The first-order chi connectivity index (χ1) is 20.6. The van der Waals surface area contributed by atoms with Crippen LogP contribution in [0, 0.1) is 0 Å². The molecule has 0 saturated heterocycles. The Balaban J connectivity index is 1.52. The Bertz CT molecular complexity index is 1950. The average molecular weight is 554 g/mol. The van der Waals surface area contributed by atoms with Crippen molar-refractivity contribution in [3.05, 3.63) is 131 Å². The number of carbonyl (C=O) groups is 1. The van der Waals surface area contributed by atoms with E-state index in [1.807, 2.05) is 115 Å². The standard InChI is InChI=1S/C37H35N3O2/c1-3-4-5-12-24-39(36(41)32-20-13-17-28-15-8-9-18-31(28)32)26(2)35-38-34-21-11-10-19-33(34)37(42)40(35)30-23-22-27-14-6-7-16-29(27)25-30/h6-11,13-23,25-26H,3-5,12,24H2,1-2H3. The molecule has 1 aromatic heterocycles. The van der Waals surface area contributed by atoms with Crippen molar-refractivity contribution in [2.45, 2.75) is 45.6 Å². The van der Waals surface area contributed by atoms with Crippen LogP contribution in [0.4, 0.5) is 0 Å². The Kier molecular flexibility index (Phi) is 7.83. The van der Waals surface area contributed by atoms with Gasteiger partial charge in [-0.25, -0.2) is 4.98 Å². The first-order valence-corrected chi connectivity index (χ1v) is 14.9. The van der Waals surface area contributed by atoms with E-state index in [2.05, 4.69) is 13.0 Å². The van der Waals surface area contributed by atoms with Gasteiger partial charge in [-0.2, -0.15) is 0 Å². The van der Waals surface area contributed by atoms with E-state index in [9.17, 15) is 9.59 Å². The summed E-state index contributed by atoms with van der Waals surface area (Å²) < 4.78 is 1.70. The van der Waals surface area contributed by atoms with E-state index in [4.69, 9.17) is 4.98 Å². The Hall–Kier alpha value is -4.77. The van der Waals surface area contributed by atoms with Crippen LogP contribution in [0.15, 0.2) is 114 Å². The molecule has 0 bridgehead atoms. The Labute approximate surface area is 246 Å². The summed E-state index contributed by atoms with van der Waals surface area (Å²) in [6.07, 6.45) is 4.13. The second-order valence-corrected chi connectivity index (χ2v) is 10.9. The van der Waals surface area contributed by atoms with E-state index in [1.54, 1.807) is 4.57 Å². The molecule has 5 aromatic carbocycles. The fourth-order valence-corrected chi connectivity index (χ4v) is 5.88. The molecule has 0 radical (unpaired) electrons. The SMILES string of the molecule is CCCCCCN(C(=O)c1cccc2ccccc12)C(C)c1nc2ccccc2c(=O)n1-c1ccc2ccccc2c1. The molecule has 1 amide bonds. The van der Waals surface area contributed by atoms with Gasteiger partial charge in [-0.1, -0.05) is 105 Å². The molecule has 0 fully saturated rings. The van der Waals surface area contributed by atoms with Crippen molar-refractivity contribution in [1.82, 2.24) is 14.5 Å². The van der Waals surface area contributed by atoms with Crippen LogP contribution >= 0.6 is 0 Å². The van der Waals surface area contributed by atoms with Crippen LogP contribution < -0.4 is 5.56 Å². The summed E-state index contributed by atoms with van der Waals surface area (Å²) in [4.78, 5) is 35.5. The number of amides is 1. The fourth-order valence-electron chi connectivity index (χ4n) is 5.88. The number of para-hydroxylation sites is 1. The summed E-state index contributed by atoms with van der Waals surface area (Å²) in [5, 5.41) is 4.64. The van der Waals surface area contributed by atoms with Gasteiger partial charge >= 0.3 is 0 Å². The molecule has 5 heteroatoms. The molecule has 6 rings (SSSR count). The highest BCUT2D eigenvalue weighted by atomic mass is 16.2. The second kappa shape index (κ2) is 12.0. The smallest absolute Gasteiger partial charge is 0.266 e. The van der Waals surface area contributed by atoms with Crippen molar-refractivity contribution in [1.29, 1.82) is 0 Å². The van der Waals surface area contributed by atoms with Gasteiger partial charge in [-0.3, -0.25) is 14.2 Å². The summed E-state index contributed by atoms with van der Waals surface area (Å²) in [6.45, 7) is 4.75. The monoisotopic (exact) mass is 553 g/mol. The molecule has 0 aliphatic carbocycles. The van der Waals surface area contributed by atoms with E-state index in [0.717, 1.165) is 52.9 Å². The highest BCUT2D eigenvalue weighted by molar-refractivity contribution is 6.07. The molecule has 0 saturated carbocycles. The molecule has 42 heavy (non-hydrogen) atoms. The van der Waals surface area contributed by atoms with Crippen LogP contribution in [0.1, 0.15) is 61.8 Å². The third-order valence-electron chi connectivity index (χ3n) is 8.17. The van der Waals surface area contributed by atoms with Gasteiger partial charge in [0.25, 0.3) is 11.5 Å². The quantitative estimate of drug-likeness (QED) is 0.169. The lowest BCUT2D eigenvalue weighted by Crippen LogP contribution is -2.38.